The number of hydrogen-bond donors (Lipinski definition) is 1. The van der Waals surface area contributed by atoms with Crippen LogP contribution in [0.5, 0.6) is 0 Å². The number of carbonyl (C=O) groups is 1. The number of anilines is 1. The zero-order valence-corrected chi connectivity index (χ0v) is 13.1. The number of para-hydroxylation sites is 2. The van der Waals surface area contributed by atoms with Crippen LogP contribution in [0, 0.1) is 22.0 Å². The molecule has 24 heavy (non-hydrogen) atoms. The minimum Gasteiger partial charge on any atom is -0.379 e. The first-order valence-corrected chi connectivity index (χ1v) is 7.60. The molecule has 2 aromatic rings. The van der Waals surface area contributed by atoms with Crippen molar-refractivity contribution in [3.63, 3.8) is 0 Å². The van der Waals surface area contributed by atoms with Crippen molar-refractivity contribution in [1.29, 1.82) is 0 Å². The first-order chi connectivity index (χ1) is 11.7. The van der Waals surface area contributed by atoms with Crippen molar-refractivity contribution in [2.75, 3.05) is 11.9 Å². The van der Waals surface area contributed by atoms with Gasteiger partial charge in [-0.25, -0.2) is 4.98 Å². The number of ketones is 1. The Morgan fingerprint density at radius 1 is 1.17 bits per heavy atom. The molecular weight excluding hydrogens is 306 g/mol. The normalized spacial score (nSPS) is 9.67. The van der Waals surface area contributed by atoms with Crippen LogP contribution < -0.4 is 5.32 Å². The topological polar surface area (TPSA) is 85.1 Å². The van der Waals surface area contributed by atoms with E-state index in [1.807, 2.05) is 6.07 Å². The molecule has 0 bridgehead atoms. The van der Waals surface area contributed by atoms with Gasteiger partial charge in [0, 0.05) is 25.2 Å². The van der Waals surface area contributed by atoms with Gasteiger partial charge in [-0.15, -0.1) is 0 Å². The molecule has 0 fully saturated rings. The number of carbonyl (C=O) groups excluding carboxylic acids is 1. The summed E-state index contributed by atoms with van der Waals surface area (Å²) in [7, 11) is 0. The fraction of sp³-hybridized carbons (Fsp3) is 0.222. The smallest absolute Gasteiger partial charge is 0.292 e. The van der Waals surface area contributed by atoms with Gasteiger partial charge in [-0.05, 0) is 42.9 Å². The van der Waals surface area contributed by atoms with Crippen molar-refractivity contribution in [1.82, 2.24) is 4.98 Å². The van der Waals surface area contributed by atoms with E-state index in [9.17, 15) is 14.9 Å². The maximum atomic E-state index is 11.7. The molecule has 1 heterocycles. The molecule has 2 rings (SSSR count). The Kier molecular flexibility index (Phi) is 6.47. The molecule has 0 radical (unpaired) electrons. The molecule has 0 aliphatic carbocycles. The lowest BCUT2D eigenvalue weighted by Crippen LogP contribution is -2.05. The zero-order valence-electron chi connectivity index (χ0n) is 13.1. The summed E-state index contributed by atoms with van der Waals surface area (Å²) in [5.74, 6) is 5.17. The number of aromatic nitrogens is 1. The SMILES string of the molecule is O=C(C#Cc1ccccn1)CCCCNc1ccccc1[N+](=O)[O-]. The van der Waals surface area contributed by atoms with E-state index in [0.29, 0.717) is 30.8 Å². The van der Waals surface area contributed by atoms with E-state index in [2.05, 4.69) is 22.1 Å². The van der Waals surface area contributed by atoms with Crippen LogP contribution in [-0.2, 0) is 4.79 Å². The highest BCUT2D eigenvalue weighted by Gasteiger charge is 2.11. The Hall–Kier alpha value is -3.20. The van der Waals surface area contributed by atoms with Gasteiger partial charge in [0.1, 0.15) is 11.4 Å². The third-order valence-corrected chi connectivity index (χ3v) is 3.24. The average Bonchev–Trinajstić information content (AvgIpc) is 2.61. The number of nitrogens with zero attached hydrogens (tertiary/aromatic N) is 2. The van der Waals surface area contributed by atoms with Gasteiger partial charge < -0.3 is 5.32 Å². The fourth-order valence-electron chi connectivity index (χ4n) is 2.05. The quantitative estimate of drug-likeness (QED) is 0.366. The zero-order chi connectivity index (χ0) is 17.2. The molecule has 6 heteroatoms. The third kappa shape index (κ3) is 5.54. The molecule has 0 aliphatic rings. The third-order valence-electron chi connectivity index (χ3n) is 3.24. The largest absolute Gasteiger partial charge is 0.379 e. The Morgan fingerprint density at radius 2 is 1.96 bits per heavy atom. The number of nitro benzene ring substituents is 1. The highest BCUT2D eigenvalue weighted by Crippen LogP contribution is 2.22. The standard InChI is InChI=1S/C18H17N3O3/c22-16(12-11-15-7-3-5-13-19-15)8-4-6-14-20-17-9-1-2-10-18(17)21(23)24/h1-3,5,7,9-10,13,20H,4,6,8,14H2. The molecule has 1 aromatic carbocycles. The summed E-state index contributed by atoms with van der Waals surface area (Å²) < 4.78 is 0. The highest BCUT2D eigenvalue weighted by atomic mass is 16.6. The van der Waals surface area contributed by atoms with Gasteiger partial charge in [0.25, 0.3) is 5.69 Å². The molecule has 0 atom stereocenters. The number of hydrogen-bond acceptors (Lipinski definition) is 5. The summed E-state index contributed by atoms with van der Waals surface area (Å²) in [5, 5.41) is 13.9. The molecule has 0 amide bonds. The van der Waals surface area contributed by atoms with Crippen LogP contribution in [0.3, 0.4) is 0 Å². The summed E-state index contributed by atoms with van der Waals surface area (Å²) in [6.07, 6.45) is 3.38. The van der Waals surface area contributed by atoms with Gasteiger partial charge in [-0.3, -0.25) is 14.9 Å². The molecule has 6 nitrogen and oxygen atoms in total. The Bertz CT molecular complexity index is 764. The molecule has 1 aromatic heterocycles. The van der Waals surface area contributed by atoms with Gasteiger partial charge in [-0.1, -0.05) is 18.2 Å². The highest BCUT2D eigenvalue weighted by molar-refractivity contribution is 5.95. The molecule has 0 unspecified atom stereocenters. The van der Waals surface area contributed by atoms with E-state index in [0.717, 1.165) is 6.42 Å². The Balaban J connectivity index is 1.71. The van der Waals surface area contributed by atoms with Crippen LogP contribution in [0.4, 0.5) is 11.4 Å². The summed E-state index contributed by atoms with van der Waals surface area (Å²) in [4.78, 5) is 26.2. The lowest BCUT2D eigenvalue weighted by Gasteiger charge is -2.06. The maximum absolute atomic E-state index is 11.7. The first kappa shape index (κ1) is 17.2. The van der Waals surface area contributed by atoms with Crippen molar-refractivity contribution in [2.24, 2.45) is 0 Å². The number of rotatable bonds is 7. The summed E-state index contributed by atoms with van der Waals surface area (Å²) >= 11 is 0. The summed E-state index contributed by atoms with van der Waals surface area (Å²) in [6.45, 7) is 0.561. The van der Waals surface area contributed by atoms with Gasteiger partial charge in [0.05, 0.1) is 4.92 Å². The van der Waals surface area contributed by atoms with E-state index < -0.39 is 4.92 Å². The number of nitrogens with one attached hydrogen (secondary N) is 1. The van der Waals surface area contributed by atoms with Gasteiger partial charge in [0.2, 0.25) is 5.78 Å². The van der Waals surface area contributed by atoms with Crippen LogP contribution in [-0.4, -0.2) is 22.2 Å². The predicted octanol–water partition coefficient (Wildman–Crippen LogP) is 3.19. The van der Waals surface area contributed by atoms with E-state index in [1.54, 1.807) is 36.5 Å². The number of benzene rings is 1. The molecular formula is C18H17N3O3. The number of pyridine rings is 1. The fourth-order valence-corrected chi connectivity index (χ4v) is 2.05. The molecule has 0 saturated heterocycles. The number of nitro groups is 1. The van der Waals surface area contributed by atoms with Crippen LogP contribution in [0.1, 0.15) is 25.0 Å². The molecule has 1 N–H and O–H groups in total. The minimum atomic E-state index is -0.418. The monoisotopic (exact) mass is 323 g/mol. The molecule has 0 saturated carbocycles. The van der Waals surface area contributed by atoms with Crippen molar-refractivity contribution < 1.29 is 9.72 Å². The van der Waals surface area contributed by atoms with Gasteiger partial charge in [-0.2, -0.15) is 0 Å². The van der Waals surface area contributed by atoms with E-state index in [4.69, 9.17) is 0 Å². The Labute approximate surface area is 140 Å². The maximum Gasteiger partial charge on any atom is 0.292 e. The van der Waals surface area contributed by atoms with Crippen molar-refractivity contribution in [3.8, 4) is 11.8 Å². The van der Waals surface area contributed by atoms with Gasteiger partial charge >= 0.3 is 0 Å². The summed E-state index contributed by atoms with van der Waals surface area (Å²) in [6, 6.07) is 11.8. The minimum absolute atomic E-state index is 0.0507. The van der Waals surface area contributed by atoms with Crippen LogP contribution in [0.2, 0.25) is 0 Å². The van der Waals surface area contributed by atoms with E-state index >= 15 is 0 Å². The Morgan fingerprint density at radius 3 is 2.71 bits per heavy atom. The van der Waals surface area contributed by atoms with Crippen LogP contribution in [0.15, 0.2) is 48.7 Å². The predicted molar refractivity (Wildman–Crippen MR) is 91.6 cm³/mol. The van der Waals surface area contributed by atoms with Crippen LogP contribution >= 0.6 is 0 Å². The first-order valence-electron chi connectivity index (χ1n) is 7.60. The average molecular weight is 323 g/mol. The second-order valence-corrected chi connectivity index (χ2v) is 5.05. The second kappa shape index (κ2) is 9.06. The van der Waals surface area contributed by atoms with Gasteiger partial charge in [0.15, 0.2) is 0 Å². The second-order valence-electron chi connectivity index (χ2n) is 5.05. The van der Waals surface area contributed by atoms with E-state index in [-0.39, 0.29) is 11.5 Å². The number of Topliss-reactive ketones (excluding diaryl/α,β-unsaturated/α-hetero) is 1. The molecule has 122 valence electrons. The van der Waals surface area contributed by atoms with Crippen molar-refractivity contribution >= 4 is 17.2 Å². The summed E-state index contributed by atoms with van der Waals surface area (Å²) in [5.41, 5.74) is 1.11. The molecule has 0 spiro atoms. The van der Waals surface area contributed by atoms with E-state index in [1.165, 1.54) is 6.07 Å². The van der Waals surface area contributed by atoms with Crippen molar-refractivity contribution in [3.05, 3.63) is 64.5 Å². The lowest BCUT2D eigenvalue weighted by atomic mass is 10.1. The number of unbranched alkanes of at least 4 members (excludes halogenated alkanes) is 1. The van der Waals surface area contributed by atoms with Crippen LogP contribution in [0.25, 0.3) is 0 Å². The van der Waals surface area contributed by atoms with Crippen molar-refractivity contribution in [2.45, 2.75) is 19.3 Å². The molecule has 0 aliphatic heterocycles. The lowest BCUT2D eigenvalue weighted by molar-refractivity contribution is -0.384.